The fourth-order valence-corrected chi connectivity index (χ4v) is 3.28. The number of hydrogen-bond acceptors (Lipinski definition) is 4. The third-order valence-electron chi connectivity index (χ3n) is 3.46. The van der Waals surface area contributed by atoms with Gasteiger partial charge in [0, 0.05) is 12.2 Å². The van der Waals surface area contributed by atoms with Crippen molar-refractivity contribution in [3.8, 4) is 0 Å². The minimum absolute atomic E-state index is 0.195. The maximum absolute atomic E-state index is 12.0. The zero-order valence-corrected chi connectivity index (χ0v) is 12.5. The lowest BCUT2D eigenvalue weighted by molar-refractivity contribution is 0.588. The van der Waals surface area contributed by atoms with Gasteiger partial charge in [0.05, 0.1) is 5.69 Å². The molecule has 0 aromatic heterocycles. The molecule has 110 valence electrons. The van der Waals surface area contributed by atoms with Crippen LogP contribution < -0.4 is 15.8 Å². The number of nitrogen functional groups attached to an aromatic ring is 1. The molecule has 1 aliphatic carbocycles. The summed E-state index contributed by atoms with van der Waals surface area (Å²) in [7, 11) is -2.11. The lowest BCUT2D eigenvalue weighted by atomic mass is 10.1. The van der Waals surface area contributed by atoms with Gasteiger partial charge in [-0.25, -0.2) is 13.1 Å². The summed E-state index contributed by atoms with van der Waals surface area (Å²) in [5.74, 6) is 0. The molecule has 2 rings (SSSR count). The van der Waals surface area contributed by atoms with Crippen LogP contribution in [0.1, 0.15) is 25.7 Å². The molecule has 1 aromatic carbocycles. The van der Waals surface area contributed by atoms with E-state index < -0.39 is 10.0 Å². The van der Waals surface area contributed by atoms with Crippen molar-refractivity contribution in [3.05, 3.63) is 29.8 Å². The molecule has 0 saturated carbocycles. The molecule has 6 heteroatoms. The van der Waals surface area contributed by atoms with Gasteiger partial charge in [0.2, 0.25) is 10.0 Å². The number of allylic oxidation sites excluding steroid dienone is 1. The molecule has 1 aliphatic rings. The van der Waals surface area contributed by atoms with Crippen LogP contribution in [0.5, 0.6) is 0 Å². The Morgan fingerprint density at radius 2 is 2.15 bits per heavy atom. The predicted octanol–water partition coefficient (Wildman–Crippen LogP) is 2.09. The quantitative estimate of drug-likeness (QED) is 0.554. The Labute approximate surface area is 120 Å². The van der Waals surface area contributed by atoms with E-state index in [4.69, 9.17) is 5.73 Å². The van der Waals surface area contributed by atoms with E-state index in [-0.39, 0.29) is 4.90 Å². The Balaban J connectivity index is 2.10. The molecule has 0 fully saturated rings. The summed E-state index contributed by atoms with van der Waals surface area (Å²) in [6.45, 7) is 0.724. The Kier molecular flexibility index (Phi) is 4.67. The Morgan fingerprint density at radius 1 is 1.35 bits per heavy atom. The lowest BCUT2D eigenvalue weighted by Gasteiger charge is -2.13. The summed E-state index contributed by atoms with van der Waals surface area (Å²) in [6, 6.07) is 4.89. The van der Waals surface area contributed by atoms with Crippen molar-refractivity contribution in [2.75, 3.05) is 24.6 Å². The smallest absolute Gasteiger partial charge is 0.242 e. The highest BCUT2D eigenvalue weighted by molar-refractivity contribution is 7.89. The molecule has 0 unspecified atom stereocenters. The summed E-state index contributed by atoms with van der Waals surface area (Å²) < 4.78 is 26.3. The molecule has 0 spiro atoms. The first-order chi connectivity index (χ1) is 9.53. The summed E-state index contributed by atoms with van der Waals surface area (Å²) in [6.07, 6.45) is 6.78. The van der Waals surface area contributed by atoms with Crippen LogP contribution in [0.25, 0.3) is 0 Å². The summed E-state index contributed by atoms with van der Waals surface area (Å²) in [5, 5.41) is 3.19. The molecule has 1 aromatic rings. The highest BCUT2D eigenvalue weighted by Crippen LogP contribution is 2.25. The van der Waals surface area contributed by atoms with E-state index in [1.807, 2.05) is 0 Å². The van der Waals surface area contributed by atoms with Crippen molar-refractivity contribution in [2.24, 2.45) is 0 Å². The molecule has 0 amide bonds. The van der Waals surface area contributed by atoms with E-state index in [0.29, 0.717) is 11.4 Å². The standard InChI is InChI=1S/C14H21N3O2S/c1-16-20(18,19)14-10-12(15)6-7-13(14)17-9-8-11-4-2-3-5-11/h4,6-7,10,16-17H,2-3,5,8-9,15H2,1H3. The van der Waals surface area contributed by atoms with Crippen molar-refractivity contribution in [1.29, 1.82) is 0 Å². The van der Waals surface area contributed by atoms with Crippen molar-refractivity contribution in [1.82, 2.24) is 4.72 Å². The van der Waals surface area contributed by atoms with Crippen LogP contribution in [-0.2, 0) is 10.0 Å². The summed E-state index contributed by atoms with van der Waals surface area (Å²) in [4.78, 5) is 0.195. The molecular weight excluding hydrogens is 274 g/mol. The zero-order chi connectivity index (χ0) is 14.6. The monoisotopic (exact) mass is 295 g/mol. The van der Waals surface area contributed by atoms with E-state index in [1.165, 1.54) is 25.1 Å². The minimum Gasteiger partial charge on any atom is -0.399 e. The van der Waals surface area contributed by atoms with Crippen LogP contribution in [0.3, 0.4) is 0 Å². The Hall–Kier alpha value is -1.53. The van der Waals surface area contributed by atoms with Gasteiger partial charge in [0.25, 0.3) is 0 Å². The Bertz CT molecular complexity index is 609. The van der Waals surface area contributed by atoms with E-state index in [9.17, 15) is 8.42 Å². The molecule has 0 heterocycles. The first-order valence-corrected chi connectivity index (χ1v) is 8.26. The van der Waals surface area contributed by atoms with Crippen molar-refractivity contribution in [2.45, 2.75) is 30.6 Å². The maximum Gasteiger partial charge on any atom is 0.242 e. The number of benzene rings is 1. The minimum atomic E-state index is -3.51. The van der Waals surface area contributed by atoms with Gasteiger partial charge < -0.3 is 11.1 Å². The van der Waals surface area contributed by atoms with Crippen LogP contribution in [0, 0.1) is 0 Å². The van der Waals surface area contributed by atoms with Crippen molar-refractivity contribution >= 4 is 21.4 Å². The van der Waals surface area contributed by atoms with Gasteiger partial charge in [0.1, 0.15) is 4.90 Å². The molecule has 0 saturated heterocycles. The second-order valence-corrected chi connectivity index (χ2v) is 6.75. The molecule has 4 N–H and O–H groups in total. The molecule has 0 bridgehead atoms. The van der Waals surface area contributed by atoms with Crippen LogP contribution in [0.2, 0.25) is 0 Å². The van der Waals surface area contributed by atoms with Crippen LogP contribution >= 0.6 is 0 Å². The average Bonchev–Trinajstić information content (AvgIpc) is 2.93. The molecule has 0 atom stereocenters. The molecule has 5 nitrogen and oxygen atoms in total. The third kappa shape index (κ3) is 3.52. The van der Waals surface area contributed by atoms with Gasteiger partial charge in [-0.05, 0) is 50.9 Å². The Morgan fingerprint density at radius 3 is 2.80 bits per heavy atom. The van der Waals surface area contributed by atoms with Gasteiger partial charge in [-0.1, -0.05) is 11.6 Å². The first kappa shape index (κ1) is 14.9. The highest BCUT2D eigenvalue weighted by Gasteiger charge is 2.17. The van der Waals surface area contributed by atoms with E-state index in [1.54, 1.807) is 12.1 Å². The van der Waals surface area contributed by atoms with Crippen molar-refractivity contribution < 1.29 is 8.42 Å². The maximum atomic E-state index is 12.0. The van der Waals surface area contributed by atoms with Gasteiger partial charge in [-0.3, -0.25) is 0 Å². The van der Waals surface area contributed by atoms with Gasteiger partial charge in [-0.15, -0.1) is 0 Å². The van der Waals surface area contributed by atoms with E-state index >= 15 is 0 Å². The zero-order valence-electron chi connectivity index (χ0n) is 11.6. The fraction of sp³-hybridized carbons (Fsp3) is 0.429. The third-order valence-corrected chi connectivity index (χ3v) is 4.91. The average molecular weight is 295 g/mol. The number of rotatable bonds is 6. The second kappa shape index (κ2) is 6.28. The predicted molar refractivity (Wildman–Crippen MR) is 82.1 cm³/mol. The SMILES string of the molecule is CNS(=O)(=O)c1cc(N)ccc1NCCC1=CCCC1. The number of anilines is 2. The second-order valence-electron chi connectivity index (χ2n) is 4.89. The van der Waals surface area contributed by atoms with Gasteiger partial charge in [-0.2, -0.15) is 0 Å². The highest BCUT2D eigenvalue weighted by atomic mass is 32.2. The number of nitrogens with one attached hydrogen (secondary N) is 2. The van der Waals surface area contributed by atoms with Crippen LogP contribution in [0.4, 0.5) is 11.4 Å². The molecule has 0 aliphatic heterocycles. The number of hydrogen-bond donors (Lipinski definition) is 3. The topological polar surface area (TPSA) is 84.2 Å². The van der Waals surface area contributed by atoms with Crippen LogP contribution in [0.15, 0.2) is 34.7 Å². The number of nitrogens with two attached hydrogens (primary N) is 1. The fourth-order valence-electron chi connectivity index (χ4n) is 2.34. The largest absolute Gasteiger partial charge is 0.399 e. The molecule has 20 heavy (non-hydrogen) atoms. The van der Waals surface area contributed by atoms with E-state index in [0.717, 1.165) is 25.8 Å². The first-order valence-electron chi connectivity index (χ1n) is 6.78. The van der Waals surface area contributed by atoms with Gasteiger partial charge in [0.15, 0.2) is 0 Å². The molecule has 0 radical (unpaired) electrons. The van der Waals surface area contributed by atoms with Crippen molar-refractivity contribution in [3.63, 3.8) is 0 Å². The van der Waals surface area contributed by atoms with Gasteiger partial charge >= 0.3 is 0 Å². The molecular formula is C14H21N3O2S. The normalized spacial score (nSPS) is 15.2. The number of sulfonamides is 1. The summed E-state index contributed by atoms with van der Waals surface area (Å²) >= 11 is 0. The van der Waals surface area contributed by atoms with Crippen LogP contribution in [-0.4, -0.2) is 22.0 Å². The lowest BCUT2D eigenvalue weighted by Crippen LogP contribution is -2.20. The van der Waals surface area contributed by atoms with E-state index in [2.05, 4.69) is 16.1 Å². The summed E-state index contributed by atoms with van der Waals surface area (Å²) in [5.41, 5.74) is 8.15.